The smallest absolute Gasteiger partial charge is 0.151 e. The highest BCUT2D eigenvalue weighted by Crippen LogP contribution is 2.24. The van der Waals surface area contributed by atoms with Crippen molar-refractivity contribution in [1.82, 2.24) is 9.88 Å². The quantitative estimate of drug-likeness (QED) is 0.929. The van der Waals surface area contributed by atoms with E-state index in [4.69, 9.17) is 5.73 Å². The second-order valence-electron chi connectivity index (χ2n) is 5.25. The van der Waals surface area contributed by atoms with Gasteiger partial charge in [0.15, 0.2) is 5.82 Å². The number of pyridine rings is 1. The van der Waals surface area contributed by atoms with E-state index in [1.807, 2.05) is 12.3 Å². The Bertz CT molecular complexity index is 400. The minimum atomic E-state index is 0.729. The van der Waals surface area contributed by atoms with Gasteiger partial charge in [-0.25, -0.2) is 4.98 Å². The number of halogens is 1. The molecule has 5 heteroatoms. The molecule has 1 aliphatic heterocycles. The number of nitrogens with zero attached hydrogens (tertiary/aromatic N) is 3. The minimum absolute atomic E-state index is 0.729. The number of hydrogen-bond donors (Lipinski definition) is 1. The van der Waals surface area contributed by atoms with Gasteiger partial charge < -0.3 is 10.6 Å². The molecule has 0 saturated carbocycles. The van der Waals surface area contributed by atoms with Crippen molar-refractivity contribution in [1.29, 1.82) is 0 Å². The van der Waals surface area contributed by atoms with E-state index in [1.54, 1.807) is 0 Å². The lowest BCUT2D eigenvalue weighted by molar-refractivity contribution is 0.231. The van der Waals surface area contributed by atoms with E-state index < -0.39 is 0 Å². The predicted molar refractivity (Wildman–Crippen MR) is 79.8 cm³/mol. The van der Waals surface area contributed by atoms with Crippen molar-refractivity contribution in [3.8, 4) is 0 Å². The first-order chi connectivity index (χ1) is 8.56. The number of nitrogen functional groups attached to an aromatic ring is 1. The Morgan fingerprint density at radius 2 is 2.00 bits per heavy atom. The SMILES string of the molecule is CC(C)CN1CCN(c2ncc(Br)cc2N)CC1. The Kier molecular flexibility index (Phi) is 4.45. The fourth-order valence-corrected chi connectivity index (χ4v) is 2.72. The third kappa shape index (κ3) is 3.36. The first-order valence-corrected chi connectivity index (χ1v) is 7.24. The van der Waals surface area contributed by atoms with Gasteiger partial charge in [-0.15, -0.1) is 0 Å². The minimum Gasteiger partial charge on any atom is -0.396 e. The first-order valence-electron chi connectivity index (χ1n) is 6.44. The highest BCUT2D eigenvalue weighted by atomic mass is 79.9. The van der Waals surface area contributed by atoms with Crippen LogP contribution in [0.1, 0.15) is 13.8 Å². The highest BCUT2D eigenvalue weighted by Gasteiger charge is 2.19. The van der Waals surface area contributed by atoms with Gasteiger partial charge >= 0.3 is 0 Å². The number of nitrogens with two attached hydrogens (primary N) is 1. The first kappa shape index (κ1) is 13.6. The monoisotopic (exact) mass is 312 g/mol. The van der Waals surface area contributed by atoms with Crippen molar-refractivity contribution < 1.29 is 0 Å². The van der Waals surface area contributed by atoms with E-state index in [2.05, 4.69) is 44.6 Å². The summed E-state index contributed by atoms with van der Waals surface area (Å²) in [7, 11) is 0. The van der Waals surface area contributed by atoms with Crippen LogP contribution in [-0.4, -0.2) is 42.6 Å². The summed E-state index contributed by atoms with van der Waals surface area (Å²) in [5.74, 6) is 1.65. The topological polar surface area (TPSA) is 45.4 Å². The van der Waals surface area contributed by atoms with Crippen LogP contribution in [0, 0.1) is 5.92 Å². The van der Waals surface area contributed by atoms with Crippen LogP contribution in [0.3, 0.4) is 0 Å². The van der Waals surface area contributed by atoms with Crippen LogP contribution in [0.15, 0.2) is 16.7 Å². The zero-order valence-electron chi connectivity index (χ0n) is 11.1. The summed E-state index contributed by atoms with van der Waals surface area (Å²) in [6.07, 6.45) is 1.81. The van der Waals surface area contributed by atoms with Gasteiger partial charge in [0.25, 0.3) is 0 Å². The molecule has 1 saturated heterocycles. The summed E-state index contributed by atoms with van der Waals surface area (Å²) in [4.78, 5) is 9.21. The molecule has 4 nitrogen and oxygen atoms in total. The van der Waals surface area contributed by atoms with Gasteiger partial charge in [-0.1, -0.05) is 13.8 Å². The summed E-state index contributed by atoms with van der Waals surface area (Å²) in [6, 6.07) is 1.92. The molecule has 0 bridgehead atoms. The molecule has 2 rings (SSSR count). The average Bonchev–Trinajstić information content (AvgIpc) is 2.30. The van der Waals surface area contributed by atoms with E-state index in [1.165, 1.54) is 6.54 Å². The van der Waals surface area contributed by atoms with Gasteiger partial charge in [-0.3, -0.25) is 4.90 Å². The largest absolute Gasteiger partial charge is 0.396 e. The van der Waals surface area contributed by atoms with Crippen molar-refractivity contribution in [2.45, 2.75) is 13.8 Å². The number of aromatic nitrogens is 1. The van der Waals surface area contributed by atoms with Gasteiger partial charge in [-0.2, -0.15) is 0 Å². The highest BCUT2D eigenvalue weighted by molar-refractivity contribution is 9.10. The van der Waals surface area contributed by atoms with E-state index in [0.29, 0.717) is 0 Å². The van der Waals surface area contributed by atoms with Crippen molar-refractivity contribution in [3.05, 3.63) is 16.7 Å². The lowest BCUT2D eigenvalue weighted by Crippen LogP contribution is -2.47. The molecule has 18 heavy (non-hydrogen) atoms. The third-order valence-electron chi connectivity index (χ3n) is 3.16. The molecule has 2 heterocycles. The van der Waals surface area contributed by atoms with E-state index in [0.717, 1.165) is 48.1 Å². The van der Waals surface area contributed by atoms with Gasteiger partial charge in [0.05, 0.1) is 5.69 Å². The van der Waals surface area contributed by atoms with Crippen LogP contribution in [0.5, 0.6) is 0 Å². The molecule has 0 spiro atoms. The molecule has 0 radical (unpaired) electrons. The molecular weight excluding hydrogens is 292 g/mol. The van der Waals surface area contributed by atoms with Crippen LogP contribution in [-0.2, 0) is 0 Å². The number of rotatable bonds is 3. The van der Waals surface area contributed by atoms with Crippen molar-refractivity contribution in [3.63, 3.8) is 0 Å². The van der Waals surface area contributed by atoms with E-state index in [9.17, 15) is 0 Å². The molecule has 2 N–H and O–H groups in total. The molecule has 0 aromatic carbocycles. The number of piperazine rings is 1. The zero-order chi connectivity index (χ0) is 13.1. The Hall–Kier alpha value is -0.810. The van der Waals surface area contributed by atoms with Crippen molar-refractivity contribution in [2.24, 2.45) is 5.92 Å². The van der Waals surface area contributed by atoms with Crippen LogP contribution < -0.4 is 10.6 Å². The van der Waals surface area contributed by atoms with Crippen LogP contribution in [0.4, 0.5) is 11.5 Å². The molecule has 1 aliphatic rings. The maximum absolute atomic E-state index is 6.02. The van der Waals surface area contributed by atoms with Crippen LogP contribution in [0.2, 0.25) is 0 Å². The normalized spacial score (nSPS) is 17.4. The fourth-order valence-electron chi connectivity index (χ4n) is 2.37. The van der Waals surface area contributed by atoms with Crippen LogP contribution in [0.25, 0.3) is 0 Å². The second-order valence-corrected chi connectivity index (χ2v) is 6.16. The maximum Gasteiger partial charge on any atom is 0.151 e. The van der Waals surface area contributed by atoms with Gasteiger partial charge in [-0.05, 0) is 27.9 Å². The summed E-state index contributed by atoms with van der Waals surface area (Å²) in [5, 5.41) is 0. The maximum atomic E-state index is 6.02. The Labute approximate surface area is 117 Å². The molecule has 0 atom stereocenters. The molecule has 0 aliphatic carbocycles. The lowest BCUT2D eigenvalue weighted by Gasteiger charge is -2.36. The fraction of sp³-hybridized carbons (Fsp3) is 0.615. The molecule has 1 fully saturated rings. The zero-order valence-corrected chi connectivity index (χ0v) is 12.7. The molecule has 1 aromatic rings. The Balaban J connectivity index is 1.97. The lowest BCUT2D eigenvalue weighted by atomic mass is 10.2. The number of anilines is 2. The summed E-state index contributed by atoms with van der Waals surface area (Å²) >= 11 is 3.39. The van der Waals surface area contributed by atoms with E-state index in [-0.39, 0.29) is 0 Å². The third-order valence-corrected chi connectivity index (χ3v) is 3.59. The average molecular weight is 313 g/mol. The summed E-state index contributed by atoms with van der Waals surface area (Å²) in [5.41, 5.74) is 6.77. The van der Waals surface area contributed by atoms with E-state index >= 15 is 0 Å². The van der Waals surface area contributed by atoms with Gasteiger partial charge in [0.1, 0.15) is 0 Å². The van der Waals surface area contributed by atoms with Crippen LogP contribution >= 0.6 is 15.9 Å². The molecular formula is C13H21BrN4. The van der Waals surface area contributed by atoms with Crippen molar-refractivity contribution in [2.75, 3.05) is 43.4 Å². The Morgan fingerprint density at radius 1 is 1.33 bits per heavy atom. The van der Waals surface area contributed by atoms with Gasteiger partial charge in [0.2, 0.25) is 0 Å². The molecule has 0 unspecified atom stereocenters. The summed E-state index contributed by atoms with van der Waals surface area (Å²) < 4.78 is 0.933. The standard InChI is InChI=1S/C13H21BrN4/c1-10(2)9-17-3-5-18(6-4-17)13-12(15)7-11(14)8-16-13/h7-8,10H,3-6,9,15H2,1-2H3. The molecule has 100 valence electrons. The van der Waals surface area contributed by atoms with Gasteiger partial charge in [0, 0.05) is 43.4 Å². The molecule has 1 aromatic heterocycles. The van der Waals surface area contributed by atoms with Crippen molar-refractivity contribution >= 4 is 27.4 Å². The molecule has 0 amide bonds. The second kappa shape index (κ2) is 5.89. The number of hydrogen-bond acceptors (Lipinski definition) is 4. The Morgan fingerprint density at radius 3 is 2.56 bits per heavy atom. The predicted octanol–water partition coefficient (Wildman–Crippen LogP) is 2.20. The summed E-state index contributed by atoms with van der Waals surface area (Å²) in [6.45, 7) is 9.90.